The lowest BCUT2D eigenvalue weighted by Gasteiger charge is -2.18. The van der Waals surface area contributed by atoms with Crippen LogP contribution < -0.4 is 19.7 Å². The Labute approximate surface area is 164 Å². The summed E-state index contributed by atoms with van der Waals surface area (Å²) in [5.41, 5.74) is 1.23. The molecule has 0 spiro atoms. The number of para-hydroxylation sites is 1. The number of benzene rings is 2. The van der Waals surface area contributed by atoms with Gasteiger partial charge in [0, 0.05) is 12.7 Å². The van der Waals surface area contributed by atoms with Gasteiger partial charge in [0.2, 0.25) is 10.0 Å². The van der Waals surface area contributed by atoms with Crippen molar-refractivity contribution in [2.45, 2.75) is 0 Å². The van der Waals surface area contributed by atoms with Crippen molar-refractivity contribution in [2.75, 3.05) is 36.1 Å². The molecule has 0 atom stereocenters. The van der Waals surface area contributed by atoms with Crippen molar-refractivity contribution < 1.29 is 13.2 Å². The Balaban J connectivity index is 1.83. The minimum Gasteiger partial charge on any atom is -0.490 e. The molecule has 26 heavy (non-hydrogen) atoms. The molecule has 0 aromatic heterocycles. The lowest BCUT2D eigenvalue weighted by Crippen LogP contribution is -2.32. The molecular formula is C17H20ClN3O3S2. The third kappa shape index (κ3) is 6.05. The molecule has 0 saturated heterocycles. The molecule has 2 rings (SSSR count). The van der Waals surface area contributed by atoms with Crippen LogP contribution in [-0.4, -0.2) is 40.0 Å². The third-order valence-corrected chi connectivity index (χ3v) is 5.21. The number of halogens is 1. The van der Waals surface area contributed by atoms with E-state index < -0.39 is 10.0 Å². The largest absolute Gasteiger partial charge is 0.490 e. The molecule has 0 aliphatic carbocycles. The van der Waals surface area contributed by atoms with Crippen molar-refractivity contribution in [3.05, 3.63) is 53.6 Å². The summed E-state index contributed by atoms with van der Waals surface area (Å²) >= 11 is 11.3. The number of rotatable bonds is 7. The summed E-state index contributed by atoms with van der Waals surface area (Å²) in [6.07, 6.45) is 1.15. The van der Waals surface area contributed by atoms with Crippen LogP contribution in [0.4, 0.5) is 11.4 Å². The molecule has 2 aromatic carbocycles. The van der Waals surface area contributed by atoms with Gasteiger partial charge in [0.05, 0.1) is 23.5 Å². The number of ether oxygens (including phenoxy) is 1. The van der Waals surface area contributed by atoms with Crippen LogP contribution in [0.1, 0.15) is 0 Å². The molecule has 2 N–H and O–H groups in total. The Morgan fingerprint density at radius 2 is 1.96 bits per heavy atom. The SMILES string of the molecule is CN(c1cccc(NC(=S)NCCOc2ccccc2Cl)c1)S(C)(=O)=O. The van der Waals surface area contributed by atoms with Crippen LogP contribution in [0.5, 0.6) is 5.75 Å². The van der Waals surface area contributed by atoms with Crippen LogP contribution >= 0.6 is 23.8 Å². The molecule has 0 radical (unpaired) electrons. The minimum absolute atomic E-state index is 0.391. The maximum atomic E-state index is 11.6. The Morgan fingerprint density at radius 3 is 2.65 bits per heavy atom. The van der Waals surface area contributed by atoms with Gasteiger partial charge in [-0.2, -0.15) is 0 Å². The van der Waals surface area contributed by atoms with E-state index in [1.54, 1.807) is 36.4 Å². The van der Waals surface area contributed by atoms with Crippen molar-refractivity contribution in [2.24, 2.45) is 0 Å². The van der Waals surface area contributed by atoms with E-state index in [4.69, 9.17) is 28.6 Å². The van der Waals surface area contributed by atoms with Gasteiger partial charge in [-0.3, -0.25) is 4.31 Å². The molecular weight excluding hydrogens is 394 g/mol. The molecule has 6 nitrogen and oxygen atoms in total. The van der Waals surface area contributed by atoms with Crippen LogP contribution in [0.15, 0.2) is 48.5 Å². The van der Waals surface area contributed by atoms with E-state index in [0.717, 1.165) is 6.26 Å². The zero-order valence-electron chi connectivity index (χ0n) is 14.4. The van der Waals surface area contributed by atoms with Crippen molar-refractivity contribution in [1.82, 2.24) is 5.32 Å². The van der Waals surface area contributed by atoms with Gasteiger partial charge in [0.15, 0.2) is 5.11 Å². The normalized spacial score (nSPS) is 10.9. The van der Waals surface area contributed by atoms with E-state index >= 15 is 0 Å². The minimum atomic E-state index is -3.32. The van der Waals surface area contributed by atoms with Crippen molar-refractivity contribution in [1.29, 1.82) is 0 Å². The average molecular weight is 414 g/mol. The highest BCUT2D eigenvalue weighted by Gasteiger charge is 2.12. The lowest BCUT2D eigenvalue weighted by molar-refractivity contribution is 0.323. The van der Waals surface area contributed by atoms with E-state index in [1.807, 2.05) is 12.1 Å². The molecule has 0 aliphatic heterocycles. The van der Waals surface area contributed by atoms with Crippen LogP contribution in [0.25, 0.3) is 0 Å². The number of hydrogen-bond donors (Lipinski definition) is 2. The van der Waals surface area contributed by atoms with E-state index in [2.05, 4.69) is 10.6 Å². The summed E-state index contributed by atoms with van der Waals surface area (Å²) < 4.78 is 30.0. The second-order valence-electron chi connectivity index (χ2n) is 5.44. The molecule has 0 fully saturated rings. The molecule has 0 amide bonds. The summed E-state index contributed by atoms with van der Waals surface area (Å²) in [6, 6.07) is 14.2. The zero-order valence-corrected chi connectivity index (χ0v) is 16.8. The average Bonchev–Trinajstić information content (AvgIpc) is 2.59. The Kier molecular flexibility index (Phi) is 7.07. The fraction of sp³-hybridized carbons (Fsp3) is 0.235. The highest BCUT2D eigenvalue weighted by atomic mass is 35.5. The van der Waals surface area contributed by atoms with Gasteiger partial charge in [0.1, 0.15) is 12.4 Å². The first-order chi connectivity index (χ1) is 12.3. The number of nitrogens with zero attached hydrogens (tertiary/aromatic N) is 1. The molecule has 2 aromatic rings. The van der Waals surface area contributed by atoms with Gasteiger partial charge >= 0.3 is 0 Å². The number of anilines is 2. The first-order valence-corrected chi connectivity index (χ1v) is 10.4. The molecule has 0 saturated carbocycles. The second kappa shape index (κ2) is 9.07. The topological polar surface area (TPSA) is 70.7 Å². The highest BCUT2D eigenvalue weighted by molar-refractivity contribution is 7.92. The molecule has 0 unspecified atom stereocenters. The van der Waals surface area contributed by atoms with Gasteiger partial charge in [-0.25, -0.2) is 8.42 Å². The van der Waals surface area contributed by atoms with Crippen LogP contribution in [-0.2, 0) is 10.0 Å². The summed E-state index contributed by atoms with van der Waals surface area (Å²) in [5, 5.41) is 7.00. The van der Waals surface area contributed by atoms with Crippen molar-refractivity contribution in [3.63, 3.8) is 0 Å². The van der Waals surface area contributed by atoms with Crippen molar-refractivity contribution in [3.8, 4) is 5.75 Å². The van der Waals surface area contributed by atoms with E-state index in [1.165, 1.54) is 11.4 Å². The number of sulfonamides is 1. The van der Waals surface area contributed by atoms with Gasteiger partial charge in [-0.1, -0.05) is 29.8 Å². The first-order valence-electron chi connectivity index (χ1n) is 7.73. The standard InChI is InChI=1S/C17H20ClN3O3S2/c1-21(26(2,22)23)14-7-5-6-13(12-14)20-17(25)19-10-11-24-16-9-4-3-8-15(16)18/h3-9,12H,10-11H2,1-2H3,(H2,19,20,25). The van der Waals surface area contributed by atoms with Crippen LogP contribution in [0, 0.1) is 0 Å². The smallest absolute Gasteiger partial charge is 0.231 e. The molecule has 0 aliphatic rings. The summed E-state index contributed by atoms with van der Waals surface area (Å²) in [4.78, 5) is 0. The monoisotopic (exact) mass is 413 g/mol. The van der Waals surface area contributed by atoms with Gasteiger partial charge in [-0.15, -0.1) is 0 Å². The predicted octanol–water partition coefficient (Wildman–Crippen LogP) is 3.10. The molecule has 140 valence electrons. The van der Waals surface area contributed by atoms with E-state index in [9.17, 15) is 8.42 Å². The Hall–Kier alpha value is -2.03. The van der Waals surface area contributed by atoms with E-state index in [0.29, 0.717) is 40.4 Å². The van der Waals surface area contributed by atoms with Gasteiger partial charge in [-0.05, 0) is 42.5 Å². The van der Waals surface area contributed by atoms with E-state index in [-0.39, 0.29) is 0 Å². The highest BCUT2D eigenvalue weighted by Crippen LogP contribution is 2.23. The quantitative estimate of drug-likeness (QED) is 0.537. The summed E-state index contributed by atoms with van der Waals surface area (Å²) in [7, 11) is -1.82. The van der Waals surface area contributed by atoms with Crippen LogP contribution in [0.2, 0.25) is 5.02 Å². The second-order valence-corrected chi connectivity index (χ2v) is 8.27. The summed E-state index contributed by atoms with van der Waals surface area (Å²) in [5.74, 6) is 0.617. The number of hydrogen-bond acceptors (Lipinski definition) is 4. The molecule has 0 bridgehead atoms. The van der Waals surface area contributed by atoms with Crippen molar-refractivity contribution >= 4 is 50.3 Å². The van der Waals surface area contributed by atoms with Crippen LogP contribution in [0.3, 0.4) is 0 Å². The number of nitrogens with one attached hydrogen (secondary N) is 2. The first kappa shape index (κ1) is 20.3. The lowest BCUT2D eigenvalue weighted by atomic mass is 10.3. The third-order valence-electron chi connectivity index (χ3n) is 3.45. The fourth-order valence-corrected chi connectivity index (χ4v) is 2.94. The maximum Gasteiger partial charge on any atom is 0.231 e. The fourth-order valence-electron chi connectivity index (χ4n) is 2.03. The number of thiocarbonyl (C=S) groups is 1. The maximum absolute atomic E-state index is 11.6. The Bertz CT molecular complexity index is 875. The molecule has 0 heterocycles. The van der Waals surface area contributed by atoms with Gasteiger partial charge in [0.25, 0.3) is 0 Å². The predicted molar refractivity (Wildman–Crippen MR) is 111 cm³/mol. The molecule has 9 heteroatoms. The Morgan fingerprint density at radius 1 is 1.23 bits per heavy atom. The summed E-state index contributed by atoms with van der Waals surface area (Å²) in [6.45, 7) is 0.877. The zero-order chi connectivity index (χ0) is 19.2. The van der Waals surface area contributed by atoms with Gasteiger partial charge < -0.3 is 15.4 Å².